The van der Waals surface area contributed by atoms with Gasteiger partial charge in [0.1, 0.15) is 12.4 Å². The lowest BCUT2D eigenvalue weighted by Gasteiger charge is -2.31. The molecule has 140 valence electrons. The van der Waals surface area contributed by atoms with Gasteiger partial charge < -0.3 is 23.8 Å². The summed E-state index contributed by atoms with van der Waals surface area (Å²) < 4.78 is 19.8. The van der Waals surface area contributed by atoms with E-state index in [1.54, 1.807) is 31.2 Å². The fourth-order valence-corrected chi connectivity index (χ4v) is 2.38. The summed E-state index contributed by atoms with van der Waals surface area (Å²) in [6.45, 7) is 1.88. The monoisotopic (exact) mass is 364 g/mol. The first kappa shape index (κ1) is 19.3. The Balaban J connectivity index is 2.40. The molecule has 0 aromatic heterocycles. The van der Waals surface area contributed by atoms with Crippen molar-refractivity contribution >= 4 is 29.4 Å². The molecule has 1 N–H and O–H groups in total. The second-order valence-electron chi connectivity index (χ2n) is 5.11. The van der Waals surface area contributed by atoms with Crippen LogP contribution in [0.5, 0.6) is 0 Å². The number of hydrogen-bond donors (Lipinski definition) is 1. The van der Waals surface area contributed by atoms with Crippen molar-refractivity contribution in [2.45, 2.75) is 6.92 Å². The molecule has 0 unspecified atom stereocenters. The molecule has 1 amide bonds. The SMILES string of the molecule is CCOC(=O)Nc1cccc(N2COCC(C(=O)OC)=C2C(=O)OC)c1. The number of methoxy groups -OCH3 is 2. The van der Waals surface area contributed by atoms with Crippen LogP contribution in [-0.2, 0) is 28.5 Å². The van der Waals surface area contributed by atoms with Crippen LogP contribution < -0.4 is 10.2 Å². The summed E-state index contributed by atoms with van der Waals surface area (Å²) in [7, 11) is 2.43. The highest BCUT2D eigenvalue weighted by molar-refractivity contribution is 6.03. The van der Waals surface area contributed by atoms with Crippen molar-refractivity contribution in [2.24, 2.45) is 0 Å². The van der Waals surface area contributed by atoms with Crippen LogP contribution in [0.25, 0.3) is 0 Å². The summed E-state index contributed by atoms with van der Waals surface area (Å²) >= 11 is 0. The van der Waals surface area contributed by atoms with Crippen LogP contribution in [-0.4, -0.2) is 52.2 Å². The molecule has 1 aliphatic heterocycles. The molecule has 0 bridgehead atoms. The molecule has 0 atom stereocenters. The first-order valence-electron chi connectivity index (χ1n) is 7.80. The van der Waals surface area contributed by atoms with Gasteiger partial charge in [-0.3, -0.25) is 5.32 Å². The number of esters is 2. The predicted octanol–water partition coefficient (Wildman–Crippen LogP) is 1.65. The van der Waals surface area contributed by atoms with E-state index in [4.69, 9.17) is 18.9 Å². The lowest BCUT2D eigenvalue weighted by Crippen LogP contribution is -2.38. The first-order chi connectivity index (χ1) is 12.5. The molecule has 1 aromatic rings. The molecule has 0 saturated heterocycles. The van der Waals surface area contributed by atoms with Gasteiger partial charge in [-0.15, -0.1) is 0 Å². The highest BCUT2D eigenvalue weighted by Gasteiger charge is 2.32. The molecule has 26 heavy (non-hydrogen) atoms. The third-order valence-electron chi connectivity index (χ3n) is 3.51. The Kier molecular flexibility index (Phi) is 6.56. The minimum Gasteiger partial charge on any atom is -0.466 e. The van der Waals surface area contributed by atoms with Crippen molar-refractivity contribution in [3.05, 3.63) is 35.5 Å². The van der Waals surface area contributed by atoms with Crippen LogP contribution in [0.4, 0.5) is 16.2 Å². The molecule has 1 aromatic carbocycles. The molecule has 9 heteroatoms. The Labute approximate surface area is 150 Å². The van der Waals surface area contributed by atoms with E-state index in [0.29, 0.717) is 11.4 Å². The average Bonchev–Trinajstić information content (AvgIpc) is 2.66. The fraction of sp³-hybridized carbons (Fsp3) is 0.353. The highest BCUT2D eigenvalue weighted by atomic mass is 16.5. The molecule has 0 radical (unpaired) electrons. The van der Waals surface area contributed by atoms with E-state index < -0.39 is 18.0 Å². The third kappa shape index (κ3) is 4.31. The van der Waals surface area contributed by atoms with Gasteiger partial charge in [0.15, 0.2) is 0 Å². The number of anilines is 2. The number of rotatable bonds is 5. The Morgan fingerprint density at radius 3 is 2.58 bits per heavy atom. The summed E-state index contributed by atoms with van der Waals surface area (Å²) in [4.78, 5) is 37.3. The zero-order valence-electron chi connectivity index (χ0n) is 14.7. The van der Waals surface area contributed by atoms with Crippen LogP contribution in [0.15, 0.2) is 35.5 Å². The van der Waals surface area contributed by atoms with E-state index in [1.807, 2.05) is 0 Å². The number of ether oxygens (including phenoxy) is 4. The van der Waals surface area contributed by atoms with Gasteiger partial charge in [-0.25, -0.2) is 14.4 Å². The maximum atomic E-state index is 12.3. The number of carbonyl (C=O) groups is 3. The quantitative estimate of drug-likeness (QED) is 0.621. The van der Waals surface area contributed by atoms with E-state index in [2.05, 4.69) is 5.32 Å². The van der Waals surface area contributed by atoms with E-state index in [0.717, 1.165) is 0 Å². The highest BCUT2D eigenvalue weighted by Crippen LogP contribution is 2.28. The Morgan fingerprint density at radius 2 is 1.92 bits per heavy atom. The second kappa shape index (κ2) is 8.86. The van der Waals surface area contributed by atoms with Gasteiger partial charge in [0.2, 0.25) is 0 Å². The van der Waals surface area contributed by atoms with Crippen molar-refractivity contribution in [2.75, 3.05) is 44.4 Å². The summed E-state index contributed by atoms with van der Waals surface area (Å²) in [5.41, 5.74) is 1.05. The standard InChI is InChI=1S/C17H20N2O7/c1-4-26-17(22)18-11-6-5-7-12(8-11)19-10-25-9-13(15(20)23-2)14(19)16(21)24-3/h5-8H,4,9-10H2,1-3H3,(H,18,22). The van der Waals surface area contributed by atoms with Gasteiger partial charge in [0, 0.05) is 11.4 Å². The zero-order valence-corrected chi connectivity index (χ0v) is 14.7. The summed E-state index contributed by atoms with van der Waals surface area (Å²) in [6.07, 6.45) is -0.599. The number of nitrogens with one attached hydrogen (secondary N) is 1. The van der Waals surface area contributed by atoms with Crippen molar-refractivity contribution in [3.8, 4) is 0 Å². The number of nitrogens with zero attached hydrogens (tertiary/aromatic N) is 1. The molecule has 1 heterocycles. The van der Waals surface area contributed by atoms with E-state index in [9.17, 15) is 14.4 Å². The van der Waals surface area contributed by atoms with Crippen molar-refractivity contribution in [1.29, 1.82) is 0 Å². The largest absolute Gasteiger partial charge is 0.466 e. The normalized spacial score (nSPS) is 13.9. The number of amides is 1. The molecule has 0 saturated carbocycles. The third-order valence-corrected chi connectivity index (χ3v) is 3.51. The van der Waals surface area contributed by atoms with Crippen molar-refractivity contribution < 1.29 is 33.3 Å². The molecular weight excluding hydrogens is 344 g/mol. The van der Waals surface area contributed by atoms with Gasteiger partial charge in [0.25, 0.3) is 0 Å². The average molecular weight is 364 g/mol. The molecule has 0 fully saturated rings. The van der Waals surface area contributed by atoms with E-state index in [1.165, 1.54) is 19.1 Å². The van der Waals surface area contributed by atoms with Gasteiger partial charge >= 0.3 is 18.0 Å². The summed E-state index contributed by atoms with van der Waals surface area (Å²) in [5, 5.41) is 2.57. The Bertz CT molecular complexity index is 730. The summed E-state index contributed by atoms with van der Waals surface area (Å²) in [5.74, 6) is -1.38. The molecule has 9 nitrogen and oxygen atoms in total. The van der Waals surface area contributed by atoms with Gasteiger partial charge in [-0.2, -0.15) is 0 Å². The lowest BCUT2D eigenvalue weighted by molar-refractivity contribution is -0.140. The minimum atomic E-state index is -0.697. The summed E-state index contributed by atoms with van der Waals surface area (Å²) in [6, 6.07) is 6.65. The first-order valence-corrected chi connectivity index (χ1v) is 7.80. The fourth-order valence-electron chi connectivity index (χ4n) is 2.38. The van der Waals surface area contributed by atoms with Crippen LogP contribution in [0, 0.1) is 0 Å². The van der Waals surface area contributed by atoms with Crippen molar-refractivity contribution in [1.82, 2.24) is 0 Å². The van der Waals surface area contributed by atoms with Gasteiger partial charge in [-0.1, -0.05) is 6.07 Å². The maximum absolute atomic E-state index is 12.3. The number of benzene rings is 1. The number of carbonyl (C=O) groups excluding carboxylic acids is 3. The number of hydrogen-bond acceptors (Lipinski definition) is 8. The molecule has 0 spiro atoms. The Hall–Kier alpha value is -3.07. The van der Waals surface area contributed by atoms with Crippen LogP contribution in [0.1, 0.15) is 6.92 Å². The topological polar surface area (TPSA) is 103 Å². The van der Waals surface area contributed by atoms with E-state index in [-0.39, 0.29) is 31.2 Å². The van der Waals surface area contributed by atoms with Gasteiger partial charge in [0.05, 0.1) is 33.0 Å². The van der Waals surface area contributed by atoms with E-state index >= 15 is 0 Å². The molecule has 0 aliphatic carbocycles. The lowest BCUT2D eigenvalue weighted by atomic mass is 10.1. The zero-order chi connectivity index (χ0) is 19.1. The van der Waals surface area contributed by atoms with Crippen molar-refractivity contribution in [3.63, 3.8) is 0 Å². The smallest absolute Gasteiger partial charge is 0.411 e. The van der Waals surface area contributed by atoms with Crippen LogP contribution in [0.2, 0.25) is 0 Å². The van der Waals surface area contributed by atoms with Gasteiger partial charge in [-0.05, 0) is 25.1 Å². The Morgan fingerprint density at radius 1 is 1.19 bits per heavy atom. The maximum Gasteiger partial charge on any atom is 0.411 e. The van der Waals surface area contributed by atoms with Crippen LogP contribution >= 0.6 is 0 Å². The minimum absolute atomic E-state index is 0.0216. The van der Waals surface area contributed by atoms with Crippen LogP contribution in [0.3, 0.4) is 0 Å². The molecular formula is C17H20N2O7. The molecule has 1 aliphatic rings. The molecule has 2 rings (SSSR count). The predicted molar refractivity (Wildman–Crippen MR) is 91.4 cm³/mol. The second-order valence-corrected chi connectivity index (χ2v) is 5.11.